The molecule has 0 amide bonds. The molecule has 2 rings (SSSR count). The van der Waals surface area contributed by atoms with E-state index in [9.17, 15) is 0 Å². The van der Waals surface area contributed by atoms with Gasteiger partial charge in [-0.25, -0.2) is 0 Å². The fraction of sp³-hybridized carbons (Fsp3) is 0.455. The van der Waals surface area contributed by atoms with E-state index in [1.54, 1.807) is 0 Å². The number of benzene rings is 1. The molecule has 2 unspecified atom stereocenters. The second-order valence-electron chi connectivity index (χ2n) is 3.74. The minimum Gasteiger partial charge on any atom is -0.489 e. The highest BCUT2D eigenvalue weighted by molar-refractivity contribution is 6.32. The van der Waals surface area contributed by atoms with Crippen LogP contribution in [0.15, 0.2) is 24.3 Å². The Labute approximate surface area is 89.0 Å². The van der Waals surface area contributed by atoms with Gasteiger partial charge in [0.05, 0.1) is 5.02 Å². The Morgan fingerprint density at radius 2 is 2.07 bits per heavy atom. The highest BCUT2D eigenvalue weighted by Crippen LogP contribution is 2.28. The van der Waals surface area contributed by atoms with Gasteiger partial charge in [-0.2, -0.15) is 0 Å². The molecule has 1 aromatic carbocycles. The molecule has 76 valence electrons. The Hall–Kier alpha value is -0.730. The van der Waals surface area contributed by atoms with Gasteiger partial charge < -0.3 is 10.5 Å². The summed E-state index contributed by atoms with van der Waals surface area (Å²) in [5.74, 6) is 0.772. The number of halogens is 1. The molecule has 2 atom stereocenters. The van der Waals surface area contributed by atoms with Crippen LogP contribution < -0.4 is 10.5 Å². The zero-order chi connectivity index (χ0) is 9.97. The second-order valence-corrected chi connectivity index (χ2v) is 4.15. The standard InChI is InChI=1S/C11H14ClNO/c12-10-3-1-2-4-11(10)14-9-6-5-8(13)7-9/h1-4,8-9H,5-7,13H2. The SMILES string of the molecule is NC1CCC(Oc2ccccc2Cl)C1. The molecule has 1 fully saturated rings. The molecule has 0 heterocycles. The molecular formula is C11H14ClNO. The van der Waals surface area contributed by atoms with Gasteiger partial charge in [-0.15, -0.1) is 0 Å². The van der Waals surface area contributed by atoms with Crippen LogP contribution in [0.25, 0.3) is 0 Å². The van der Waals surface area contributed by atoms with Gasteiger partial charge in [-0.3, -0.25) is 0 Å². The van der Waals surface area contributed by atoms with Gasteiger partial charge in [0.2, 0.25) is 0 Å². The van der Waals surface area contributed by atoms with E-state index in [0.717, 1.165) is 25.0 Å². The summed E-state index contributed by atoms with van der Waals surface area (Å²) >= 11 is 5.98. The lowest BCUT2D eigenvalue weighted by atomic mass is 10.3. The first-order chi connectivity index (χ1) is 6.75. The van der Waals surface area contributed by atoms with Crippen LogP contribution in [0.4, 0.5) is 0 Å². The topological polar surface area (TPSA) is 35.2 Å². The average Bonchev–Trinajstić information content (AvgIpc) is 2.56. The van der Waals surface area contributed by atoms with Crippen molar-refractivity contribution in [3.8, 4) is 5.75 Å². The van der Waals surface area contributed by atoms with Gasteiger partial charge in [0, 0.05) is 6.04 Å². The van der Waals surface area contributed by atoms with Gasteiger partial charge >= 0.3 is 0 Å². The maximum atomic E-state index is 5.98. The Kier molecular flexibility index (Phi) is 2.94. The summed E-state index contributed by atoms with van der Waals surface area (Å²) in [5.41, 5.74) is 5.80. The molecule has 1 aliphatic carbocycles. The molecule has 2 N–H and O–H groups in total. The van der Waals surface area contributed by atoms with Crippen molar-refractivity contribution in [2.75, 3.05) is 0 Å². The van der Waals surface area contributed by atoms with Crippen LogP contribution in [0.5, 0.6) is 5.75 Å². The Balaban J connectivity index is 2.01. The summed E-state index contributed by atoms with van der Waals surface area (Å²) < 4.78 is 5.76. The average molecular weight is 212 g/mol. The third-order valence-electron chi connectivity index (χ3n) is 2.56. The number of para-hydroxylation sites is 1. The molecule has 0 radical (unpaired) electrons. The number of ether oxygens (including phenoxy) is 1. The third kappa shape index (κ3) is 2.20. The van der Waals surface area contributed by atoms with Gasteiger partial charge in [-0.05, 0) is 31.4 Å². The van der Waals surface area contributed by atoms with E-state index < -0.39 is 0 Å². The maximum Gasteiger partial charge on any atom is 0.138 e. The summed E-state index contributed by atoms with van der Waals surface area (Å²) in [6.07, 6.45) is 3.26. The number of hydrogen-bond acceptors (Lipinski definition) is 2. The van der Waals surface area contributed by atoms with Crippen molar-refractivity contribution in [1.29, 1.82) is 0 Å². The molecule has 1 aromatic rings. The molecule has 14 heavy (non-hydrogen) atoms. The van der Waals surface area contributed by atoms with Crippen molar-refractivity contribution in [2.24, 2.45) is 5.73 Å². The predicted octanol–water partition coefficient (Wildman–Crippen LogP) is 2.60. The molecule has 0 aromatic heterocycles. The summed E-state index contributed by atoms with van der Waals surface area (Å²) in [6.45, 7) is 0. The minimum atomic E-state index is 0.241. The summed E-state index contributed by atoms with van der Waals surface area (Å²) in [7, 11) is 0. The number of hydrogen-bond donors (Lipinski definition) is 1. The lowest BCUT2D eigenvalue weighted by molar-refractivity contribution is 0.208. The lowest BCUT2D eigenvalue weighted by Crippen LogP contribution is -2.19. The van der Waals surface area contributed by atoms with Gasteiger partial charge in [-0.1, -0.05) is 23.7 Å². The second kappa shape index (κ2) is 4.20. The fourth-order valence-electron chi connectivity index (χ4n) is 1.80. The number of nitrogens with two attached hydrogens (primary N) is 1. The quantitative estimate of drug-likeness (QED) is 0.816. The highest BCUT2D eigenvalue weighted by Gasteiger charge is 2.23. The Morgan fingerprint density at radius 1 is 1.29 bits per heavy atom. The van der Waals surface area contributed by atoms with Crippen molar-refractivity contribution in [2.45, 2.75) is 31.4 Å². The van der Waals surface area contributed by atoms with Gasteiger partial charge in [0.15, 0.2) is 0 Å². The summed E-state index contributed by atoms with van der Waals surface area (Å²) in [5, 5.41) is 0.674. The van der Waals surface area contributed by atoms with Crippen LogP contribution in [0.3, 0.4) is 0 Å². The van der Waals surface area contributed by atoms with E-state index in [0.29, 0.717) is 11.1 Å². The van der Waals surface area contributed by atoms with Crippen molar-refractivity contribution < 1.29 is 4.74 Å². The van der Waals surface area contributed by atoms with Crippen LogP contribution in [0.2, 0.25) is 5.02 Å². The molecule has 0 aliphatic heterocycles. The fourth-order valence-corrected chi connectivity index (χ4v) is 1.98. The largest absolute Gasteiger partial charge is 0.489 e. The zero-order valence-corrected chi connectivity index (χ0v) is 8.70. The first-order valence-corrected chi connectivity index (χ1v) is 5.30. The molecule has 1 saturated carbocycles. The van der Waals surface area contributed by atoms with E-state index in [4.69, 9.17) is 22.1 Å². The van der Waals surface area contributed by atoms with Crippen molar-refractivity contribution in [3.05, 3.63) is 29.3 Å². The first-order valence-electron chi connectivity index (χ1n) is 4.92. The molecule has 2 nitrogen and oxygen atoms in total. The minimum absolute atomic E-state index is 0.241. The molecule has 0 spiro atoms. The molecule has 0 saturated heterocycles. The summed E-state index contributed by atoms with van der Waals surface area (Å²) in [6, 6.07) is 7.85. The van der Waals surface area contributed by atoms with Gasteiger partial charge in [0.1, 0.15) is 11.9 Å². The van der Waals surface area contributed by atoms with Gasteiger partial charge in [0.25, 0.3) is 0 Å². The lowest BCUT2D eigenvalue weighted by Gasteiger charge is -2.14. The van der Waals surface area contributed by atoms with Crippen LogP contribution in [-0.2, 0) is 0 Å². The highest BCUT2D eigenvalue weighted by atomic mass is 35.5. The Morgan fingerprint density at radius 3 is 2.71 bits per heavy atom. The molecule has 1 aliphatic rings. The molecule has 0 bridgehead atoms. The third-order valence-corrected chi connectivity index (χ3v) is 2.87. The molecular weight excluding hydrogens is 198 g/mol. The monoisotopic (exact) mass is 211 g/mol. The summed E-state index contributed by atoms with van der Waals surface area (Å²) in [4.78, 5) is 0. The zero-order valence-electron chi connectivity index (χ0n) is 7.95. The normalized spacial score (nSPS) is 26.4. The number of rotatable bonds is 2. The van der Waals surface area contributed by atoms with E-state index in [2.05, 4.69) is 0 Å². The predicted molar refractivity (Wildman–Crippen MR) is 57.7 cm³/mol. The van der Waals surface area contributed by atoms with Crippen LogP contribution in [0.1, 0.15) is 19.3 Å². The van der Waals surface area contributed by atoms with Crippen LogP contribution in [-0.4, -0.2) is 12.1 Å². The van der Waals surface area contributed by atoms with Crippen molar-refractivity contribution in [1.82, 2.24) is 0 Å². The van der Waals surface area contributed by atoms with Crippen molar-refractivity contribution >= 4 is 11.6 Å². The Bertz CT molecular complexity index is 316. The van der Waals surface area contributed by atoms with E-state index in [1.807, 2.05) is 24.3 Å². The van der Waals surface area contributed by atoms with Crippen molar-refractivity contribution in [3.63, 3.8) is 0 Å². The first kappa shape index (κ1) is 9.81. The smallest absolute Gasteiger partial charge is 0.138 e. The van der Waals surface area contributed by atoms with E-state index in [-0.39, 0.29) is 6.10 Å². The van der Waals surface area contributed by atoms with E-state index >= 15 is 0 Å². The van der Waals surface area contributed by atoms with Crippen LogP contribution >= 0.6 is 11.6 Å². The molecule has 3 heteroatoms. The van der Waals surface area contributed by atoms with E-state index in [1.165, 1.54) is 0 Å². The maximum absolute atomic E-state index is 5.98. The van der Waals surface area contributed by atoms with Crippen LogP contribution in [0, 0.1) is 0 Å².